The van der Waals surface area contributed by atoms with Gasteiger partial charge in [0.2, 0.25) is 0 Å². The fraction of sp³-hybridized carbons (Fsp3) is 0.211. The molecule has 0 spiro atoms. The maximum atomic E-state index is 12.4. The van der Waals surface area contributed by atoms with Crippen LogP contribution in [0.4, 0.5) is 10.5 Å². The lowest BCUT2D eigenvalue weighted by Crippen LogP contribution is -2.35. The van der Waals surface area contributed by atoms with Crippen LogP contribution in [-0.4, -0.2) is 49.5 Å². The number of carbonyl (C=O) groups excluding carboxylic acids is 2. The summed E-state index contributed by atoms with van der Waals surface area (Å²) >= 11 is 0. The monoisotopic (exact) mass is 352 g/mol. The van der Waals surface area contributed by atoms with Gasteiger partial charge in [-0.15, -0.1) is 0 Å². The lowest BCUT2D eigenvalue weighted by atomic mass is 10.0. The Morgan fingerprint density at radius 2 is 1.65 bits per heavy atom. The topological polar surface area (TPSA) is 99.7 Å². The van der Waals surface area contributed by atoms with Crippen LogP contribution in [0.25, 0.3) is 11.1 Å². The molecule has 1 aliphatic heterocycles. The van der Waals surface area contributed by atoms with E-state index in [1.807, 2.05) is 36.4 Å². The van der Waals surface area contributed by atoms with Crippen LogP contribution in [0.5, 0.6) is 0 Å². The molecular formula is C19H20N4O3. The van der Waals surface area contributed by atoms with Crippen molar-refractivity contribution in [1.82, 2.24) is 4.90 Å². The summed E-state index contributed by atoms with van der Waals surface area (Å²) in [6, 6.07) is 14.9. The highest BCUT2D eigenvalue weighted by molar-refractivity contribution is 5.96. The van der Waals surface area contributed by atoms with E-state index in [2.05, 4.69) is 4.74 Å². The highest BCUT2D eigenvalue weighted by Gasteiger charge is 2.30. The fourth-order valence-electron chi connectivity index (χ4n) is 2.87. The lowest BCUT2D eigenvalue weighted by molar-refractivity contribution is -0.141. The van der Waals surface area contributed by atoms with E-state index >= 15 is 0 Å². The molecule has 2 aromatic rings. The molecule has 1 heterocycles. The number of amidine groups is 1. The third-order valence-corrected chi connectivity index (χ3v) is 4.35. The second-order valence-corrected chi connectivity index (χ2v) is 5.97. The van der Waals surface area contributed by atoms with Gasteiger partial charge in [-0.05, 0) is 23.3 Å². The van der Waals surface area contributed by atoms with Gasteiger partial charge in [0.1, 0.15) is 12.4 Å². The number of carbonyl (C=O) groups is 2. The Bertz CT molecular complexity index is 831. The summed E-state index contributed by atoms with van der Waals surface area (Å²) in [7, 11) is 1.31. The zero-order chi connectivity index (χ0) is 18.7. The summed E-state index contributed by atoms with van der Waals surface area (Å²) in [6.45, 7) is 0.983. The van der Waals surface area contributed by atoms with E-state index in [1.54, 1.807) is 17.0 Å². The summed E-state index contributed by atoms with van der Waals surface area (Å²) in [5.41, 5.74) is 8.93. The molecule has 2 aromatic carbocycles. The Hall–Kier alpha value is -3.35. The van der Waals surface area contributed by atoms with Crippen molar-refractivity contribution in [3.05, 3.63) is 54.1 Å². The number of benzene rings is 2. The van der Waals surface area contributed by atoms with E-state index in [9.17, 15) is 9.59 Å². The number of rotatable bonds is 5. The molecule has 1 aliphatic rings. The van der Waals surface area contributed by atoms with E-state index in [0.717, 1.165) is 16.8 Å². The molecule has 7 nitrogen and oxygen atoms in total. The molecule has 0 aromatic heterocycles. The minimum absolute atomic E-state index is 0.0353. The molecule has 0 saturated carbocycles. The standard InChI is InChI=1S/C19H20N4O3/c1-26-17(24)12-22-10-11-23(19(22)25)16-8-6-14(7-9-16)13-2-4-15(5-3-13)18(20)21/h2-9H,10-12H2,1H3,(H3,20,21). The normalized spacial score (nSPS) is 13.8. The van der Waals surface area contributed by atoms with E-state index in [4.69, 9.17) is 11.1 Å². The zero-order valence-electron chi connectivity index (χ0n) is 14.4. The lowest BCUT2D eigenvalue weighted by Gasteiger charge is -2.18. The van der Waals surface area contributed by atoms with Gasteiger partial charge < -0.3 is 15.4 Å². The van der Waals surface area contributed by atoms with Crippen molar-refractivity contribution in [2.24, 2.45) is 5.73 Å². The third kappa shape index (κ3) is 3.51. The van der Waals surface area contributed by atoms with Gasteiger partial charge in [-0.1, -0.05) is 36.4 Å². The number of nitrogens with two attached hydrogens (primary N) is 1. The Morgan fingerprint density at radius 1 is 1.08 bits per heavy atom. The van der Waals surface area contributed by atoms with Crippen molar-refractivity contribution in [3.8, 4) is 11.1 Å². The van der Waals surface area contributed by atoms with Gasteiger partial charge in [0, 0.05) is 24.3 Å². The molecule has 3 N–H and O–H groups in total. The number of amides is 2. The highest BCUT2D eigenvalue weighted by Crippen LogP contribution is 2.25. The first kappa shape index (κ1) is 17.5. The fourth-order valence-corrected chi connectivity index (χ4v) is 2.87. The number of anilines is 1. The van der Waals surface area contributed by atoms with Gasteiger partial charge in [-0.2, -0.15) is 0 Å². The van der Waals surface area contributed by atoms with Gasteiger partial charge in [0.05, 0.1) is 7.11 Å². The number of methoxy groups -OCH3 is 1. The van der Waals surface area contributed by atoms with Crippen LogP contribution < -0.4 is 10.6 Å². The van der Waals surface area contributed by atoms with E-state index < -0.39 is 5.97 Å². The minimum atomic E-state index is -0.426. The highest BCUT2D eigenvalue weighted by atomic mass is 16.5. The molecule has 0 aliphatic carbocycles. The summed E-state index contributed by atoms with van der Waals surface area (Å²) in [6.07, 6.45) is 0. The molecule has 134 valence electrons. The summed E-state index contributed by atoms with van der Waals surface area (Å²) in [5, 5.41) is 7.43. The van der Waals surface area contributed by atoms with Crippen molar-refractivity contribution in [3.63, 3.8) is 0 Å². The first-order chi connectivity index (χ1) is 12.5. The number of ether oxygens (including phenoxy) is 1. The largest absolute Gasteiger partial charge is 0.468 e. The van der Waals surface area contributed by atoms with Crippen molar-refractivity contribution in [2.45, 2.75) is 0 Å². The van der Waals surface area contributed by atoms with Gasteiger partial charge in [0.25, 0.3) is 0 Å². The van der Waals surface area contributed by atoms with Crippen molar-refractivity contribution in [1.29, 1.82) is 5.41 Å². The summed E-state index contributed by atoms with van der Waals surface area (Å²) < 4.78 is 4.62. The number of hydrogen-bond donors (Lipinski definition) is 2. The first-order valence-electron chi connectivity index (χ1n) is 8.18. The van der Waals surface area contributed by atoms with E-state index in [1.165, 1.54) is 12.0 Å². The van der Waals surface area contributed by atoms with Crippen LogP contribution in [0.2, 0.25) is 0 Å². The maximum absolute atomic E-state index is 12.4. The van der Waals surface area contributed by atoms with Crippen LogP contribution in [0.15, 0.2) is 48.5 Å². The molecule has 1 saturated heterocycles. The predicted molar refractivity (Wildman–Crippen MR) is 99.2 cm³/mol. The van der Waals surface area contributed by atoms with Crippen LogP contribution in [0.3, 0.4) is 0 Å². The Kier molecular flexibility index (Phi) is 4.88. The van der Waals surface area contributed by atoms with Crippen molar-refractivity contribution < 1.29 is 14.3 Å². The molecular weight excluding hydrogens is 332 g/mol. The Morgan fingerprint density at radius 3 is 2.19 bits per heavy atom. The number of hydrogen-bond acceptors (Lipinski definition) is 4. The molecule has 7 heteroatoms. The molecule has 0 unspecified atom stereocenters. The van der Waals surface area contributed by atoms with Gasteiger partial charge in [0.15, 0.2) is 0 Å². The smallest absolute Gasteiger partial charge is 0.325 e. The minimum Gasteiger partial charge on any atom is -0.468 e. The molecule has 3 rings (SSSR count). The van der Waals surface area contributed by atoms with E-state index in [0.29, 0.717) is 18.7 Å². The van der Waals surface area contributed by atoms with Crippen LogP contribution >= 0.6 is 0 Å². The molecule has 0 bridgehead atoms. The average Bonchev–Trinajstić information content (AvgIpc) is 3.02. The Balaban J connectivity index is 1.72. The van der Waals surface area contributed by atoms with Crippen molar-refractivity contribution >= 4 is 23.5 Å². The second kappa shape index (κ2) is 7.26. The number of esters is 1. The zero-order valence-corrected chi connectivity index (χ0v) is 14.4. The van der Waals surface area contributed by atoms with Crippen molar-refractivity contribution in [2.75, 3.05) is 31.6 Å². The molecule has 26 heavy (non-hydrogen) atoms. The van der Waals surface area contributed by atoms with Crippen LogP contribution in [0.1, 0.15) is 5.56 Å². The van der Waals surface area contributed by atoms with Gasteiger partial charge >= 0.3 is 12.0 Å². The van der Waals surface area contributed by atoms with Gasteiger partial charge in [-0.25, -0.2) is 4.79 Å². The SMILES string of the molecule is COC(=O)CN1CCN(c2ccc(-c3ccc(C(=N)N)cc3)cc2)C1=O. The third-order valence-electron chi connectivity index (χ3n) is 4.35. The first-order valence-corrected chi connectivity index (χ1v) is 8.18. The summed E-state index contributed by atoms with van der Waals surface area (Å²) in [4.78, 5) is 26.9. The molecule has 0 atom stereocenters. The van der Waals surface area contributed by atoms with Gasteiger partial charge in [-0.3, -0.25) is 15.1 Å². The summed E-state index contributed by atoms with van der Waals surface area (Å²) in [5.74, 6) is -0.388. The average molecular weight is 352 g/mol. The quantitative estimate of drug-likeness (QED) is 0.489. The molecule has 1 fully saturated rings. The van der Waals surface area contributed by atoms with Crippen LogP contribution in [-0.2, 0) is 9.53 Å². The molecule has 2 amide bonds. The van der Waals surface area contributed by atoms with E-state index in [-0.39, 0.29) is 18.4 Å². The Labute approximate surface area is 151 Å². The van der Waals surface area contributed by atoms with Crippen LogP contribution in [0, 0.1) is 5.41 Å². The number of nitrogens with one attached hydrogen (secondary N) is 1. The number of nitrogen functional groups attached to an aromatic ring is 1. The maximum Gasteiger partial charge on any atom is 0.325 e. The number of urea groups is 1. The molecule has 0 radical (unpaired) electrons. The number of nitrogens with zero attached hydrogens (tertiary/aromatic N) is 2. The predicted octanol–water partition coefficient (Wildman–Crippen LogP) is 2.05. The second-order valence-electron chi connectivity index (χ2n) is 5.97.